The van der Waals surface area contributed by atoms with Crippen LogP contribution in [0, 0.1) is 0 Å². The number of hydrogen-bond donors (Lipinski definition) is 1. The molecule has 0 rings (SSSR count). The van der Waals surface area contributed by atoms with Crippen molar-refractivity contribution in [2.24, 2.45) is 0 Å². The van der Waals surface area contributed by atoms with Gasteiger partial charge in [0.2, 0.25) is 0 Å². The van der Waals surface area contributed by atoms with Crippen molar-refractivity contribution in [1.29, 1.82) is 0 Å². The first-order valence-electron chi connectivity index (χ1n) is 0.516. The Bertz CT molecular complexity index is 33.8. The van der Waals surface area contributed by atoms with Crippen molar-refractivity contribution in [1.82, 2.24) is 0 Å². The van der Waals surface area contributed by atoms with Crippen molar-refractivity contribution in [3.8, 4) is 0 Å². The summed E-state index contributed by atoms with van der Waals surface area (Å²) in [7, 11) is 0. The van der Waals surface area contributed by atoms with E-state index < -0.39 is 11.4 Å². The molecule has 0 spiro atoms. The van der Waals surface area contributed by atoms with Crippen LogP contribution < -0.4 is 0 Å². The van der Waals surface area contributed by atoms with Gasteiger partial charge < -0.3 is 9.11 Å². The monoisotopic (exact) mass is 166 g/mol. The summed E-state index contributed by atoms with van der Waals surface area (Å²) in [5.74, 6) is 0. The van der Waals surface area contributed by atoms with Gasteiger partial charge in [-0.25, -0.2) is 4.21 Å². The van der Waals surface area contributed by atoms with E-state index in [1.165, 1.54) is 0 Å². The van der Waals surface area contributed by atoms with Crippen LogP contribution in [0.2, 0.25) is 0 Å². The molecule has 0 aliphatic carbocycles. The van der Waals surface area contributed by atoms with E-state index in [1.807, 2.05) is 0 Å². The third kappa shape index (κ3) is 69.1. The number of rotatable bonds is 0. The van der Waals surface area contributed by atoms with Gasteiger partial charge in [-0.15, -0.1) is 0 Å². The minimum Gasteiger partial charge on any atom is -0.750 e. The molecule has 39 valence electrons. The minimum atomic E-state index is -2.86. The van der Waals surface area contributed by atoms with Crippen LogP contribution in [0.25, 0.3) is 0 Å². The Morgan fingerprint density at radius 2 is 1.67 bits per heavy atom. The van der Waals surface area contributed by atoms with E-state index in [-0.39, 0.29) is 34.4 Å². The van der Waals surface area contributed by atoms with Gasteiger partial charge in [0.15, 0.2) is 0 Å². The SMILES string of the molecule is O=S([O-])O.[AlH2].[Fe]. The van der Waals surface area contributed by atoms with Crippen molar-refractivity contribution in [3.05, 3.63) is 0 Å². The number of hydrogen-bond acceptors (Lipinski definition) is 2. The summed E-state index contributed by atoms with van der Waals surface area (Å²) in [6.07, 6.45) is 0. The molecule has 6 heteroatoms. The Kier molecular flexibility index (Phi) is 24.8. The zero-order chi connectivity index (χ0) is 3.58. The van der Waals surface area contributed by atoms with E-state index in [4.69, 9.17) is 13.3 Å². The average Bonchev–Trinajstić information content (AvgIpc) is 0.811. The largest absolute Gasteiger partial charge is 0.750 e. The summed E-state index contributed by atoms with van der Waals surface area (Å²) < 4.78 is 24.1. The van der Waals surface area contributed by atoms with Gasteiger partial charge in [0.25, 0.3) is 0 Å². The van der Waals surface area contributed by atoms with Crippen LogP contribution in [0.1, 0.15) is 0 Å². The summed E-state index contributed by atoms with van der Waals surface area (Å²) in [6, 6.07) is 0. The zero-order valence-corrected chi connectivity index (χ0v) is 6.95. The fraction of sp³-hybridized carbons (Fsp3) is 0. The molecule has 1 unspecified atom stereocenters. The second-order valence-corrected chi connectivity index (χ2v) is 0.651. The van der Waals surface area contributed by atoms with Crippen molar-refractivity contribution in [3.63, 3.8) is 0 Å². The molecule has 1 radical (unpaired) electrons. The fourth-order valence-electron chi connectivity index (χ4n) is 0. The summed E-state index contributed by atoms with van der Waals surface area (Å²) >= 11 is -2.86. The first-order valence-corrected chi connectivity index (χ1v) is 1.55. The smallest absolute Gasteiger partial charge is 0.146 e. The van der Waals surface area contributed by atoms with Gasteiger partial charge in [-0.1, -0.05) is 0 Å². The molecule has 0 aromatic heterocycles. The van der Waals surface area contributed by atoms with Gasteiger partial charge in [0, 0.05) is 17.1 Å². The van der Waals surface area contributed by atoms with Gasteiger partial charge in [-0.2, -0.15) is 0 Å². The maximum atomic E-state index is 8.56. The molecule has 0 aromatic rings. The van der Waals surface area contributed by atoms with Gasteiger partial charge in [0.05, 0.1) is 11.4 Å². The van der Waals surface area contributed by atoms with Crippen LogP contribution in [-0.2, 0) is 28.4 Å². The van der Waals surface area contributed by atoms with E-state index in [2.05, 4.69) is 0 Å². The van der Waals surface area contributed by atoms with Gasteiger partial charge in [-0.3, -0.25) is 0 Å². The third-order valence-corrected chi connectivity index (χ3v) is 0. The fourth-order valence-corrected chi connectivity index (χ4v) is 0. The minimum absolute atomic E-state index is 0. The molecule has 0 saturated carbocycles. The molecule has 3 nitrogen and oxygen atoms in total. The van der Waals surface area contributed by atoms with Crippen molar-refractivity contribution in [2.75, 3.05) is 0 Å². The van der Waals surface area contributed by atoms with Crippen LogP contribution >= 0.6 is 0 Å². The second kappa shape index (κ2) is 9.45. The first-order chi connectivity index (χ1) is 1.73. The van der Waals surface area contributed by atoms with E-state index in [9.17, 15) is 0 Å². The zero-order valence-electron chi connectivity index (χ0n) is 3.03. The second-order valence-electron chi connectivity index (χ2n) is 0.217. The third-order valence-electron chi connectivity index (χ3n) is 0. The normalized spacial score (nSPS) is 10.3. The van der Waals surface area contributed by atoms with Crippen LogP contribution in [-0.4, -0.2) is 30.7 Å². The Morgan fingerprint density at radius 1 is 1.67 bits per heavy atom. The molecule has 0 aliphatic rings. The van der Waals surface area contributed by atoms with E-state index in [1.54, 1.807) is 0 Å². The Labute approximate surface area is 59.2 Å². The van der Waals surface area contributed by atoms with E-state index >= 15 is 0 Å². The van der Waals surface area contributed by atoms with Crippen molar-refractivity contribution < 1.29 is 30.4 Å². The van der Waals surface area contributed by atoms with Crippen molar-refractivity contribution >= 4 is 28.7 Å². The predicted molar refractivity (Wildman–Crippen MR) is 20.1 cm³/mol. The summed E-state index contributed by atoms with van der Waals surface area (Å²) in [5, 5.41) is 0. The van der Waals surface area contributed by atoms with Crippen LogP contribution in [0.15, 0.2) is 0 Å². The molecule has 0 bridgehead atoms. The van der Waals surface area contributed by atoms with Crippen LogP contribution in [0.5, 0.6) is 0 Å². The maximum Gasteiger partial charge on any atom is 0.146 e. The standard InChI is InChI=1S/Al.Fe.H2O3S.2H/c;;1-4(2)3;;/h;;(H2,1,2,3);;/p-1. The summed E-state index contributed by atoms with van der Waals surface area (Å²) in [4.78, 5) is 0. The molecule has 0 aromatic carbocycles. The molecule has 0 fully saturated rings. The molecule has 0 aliphatic heterocycles. The Balaban J connectivity index is -0.0000000450. The summed E-state index contributed by atoms with van der Waals surface area (Å²) in [6.45, 7) is 0. The van der Waals surface area contributed by atoms with Gasteiger partial charge >= 0.3 is 0 Å². The molecule has 0 saturated heterocycles. The van der Waals surface area contributed by atoms with Crippen molar-refractivity contribution in [2.45, 2.75) is 0 Å². The Morgan fingerprint density at radius 3 is 1.67 bits per heavy atom. The average molecular weight is 166 g/mol. The Hall–Kier alpha value is 1.12. The van der Waals surface area contributed by atoms with E-state index in [0.717, 1.165) is 0 Å². The van der Waals surface area contributed by atoms with E-state index in [0.29, 0.717) is 0 Å². The first kappa shape index (κ1) is 15.7. The molecular weight excluding hydrogens is 163 g/mol. The predicted octanol–water partition coefficient (Wildman–Crippen LogP) is -1.58. The molecular formula is H3AlFeO3S-. The quantitative estimate of drug-likeness (QED) is 0.349. The molecule has 0 heterocycles. The molecule has 1 atom stereocenters. The topological polar surface area (TPSA) is 60.4 Å². The van der Waals surface area contributed by atoms with Gasteiger partial charge in [0.1, 0.15) is 17.4 Å². The molecule has 6 heavy (non-hydrogen) atoms. The molecule has 0 amide bonds. The van der Waals surface area contributed by atoms with Gasteiger partial charge in [-0.05, 0) is 0 Å². The summed E-state index contributed by atoms with van der Waals surface area (Å²) in [5.41, 5.74) is 0. The maximum absolute atomic E-state index is 8.56. The van der Waals surface area contributed by atoms with Crippen LogP contribution in [0.3, 0.4) is 0 Å². The van der Waals surface area contributed by atoms with Crippen LogP contribution in [0.4, 0.5) is 0 Å². The molecule has 1 N–H and O–H groups in total.